The van der Waals surface area contributed by atoms with Crippen LogP contribution in [0.2, 0.25) is 0 Å². The summed E-state index contributed by atoms with van der Waals surface area (Å²) in [5.41, 5.74) is 0.821. The fourth-order valence-corrected chi connectivity index (χ4v) is 1.20. The fraction of sp³-hybridized carbons (Fsp3) is 0.286. The number of hydrogen-bond acceptors (Lipinski definition) is 6. The van der Waals surface area contributed by atoms with Crippen molar-refractivity contribution in [1.29, 1.82) is 5.26 Å². The minimum atomic E-state index is 0.166. The van der Waals surface area contributed by atoms with Crippen molar-refractivity contribution < 1.29 is 0 Å². The SMILES string of the molecule is CNc1nc(C#N)nc2c1NCN2. The third-order valence-electron chi connectivity index (χ3n) is 1.77. The summed E-state index contributed by atoms with van der Waals surface area (Å²) < 4.78 is 0. The van der Waals surface area contributed by atoms with Crippen molar-refractivity contribution in [1.82, 2.24) is 9.97 Å². The van der Waals surface area contributed by atoms with Crippen LogP contribution in [-0.4, -0.2) is 23.7 Å². The minimum absolute atomic E-state index is 0.166. The van der Waals surface area contributed by atoms with Crippen molar-refractivity contribution in [3.05, 3.63) is 5.82 Å². The largest absolute Gasteiger partial charge is 0.371 e. The Morgan fingerprint density at radius 1 is 1.46 bits per heavy atom. The average molecular weight is 176 g/mol. The summed E-state index contributed by atoms with van der Waals surface area (Å²) in [6.45, 7) is 0.619. The van der Waals surface area contributed by atoms with Crippen molar-refractivity contribution in [2.45, 2.75) is 0 Å². The lowest BCUT2D eigenvalue weighted by Gasteiger charge is -2.04. The molecule has 0 radical (unpaired) electrons. The Hall–Kier alpha value is -2.03. The van der Waals surface area contributed by atoms with Gasteiger partial charge in [0, 0.05) is 7.05 Å². The number of nitrogens with zero attached hydrogens (tertiary/aromatic N) is 3. The summed E-state index contributed by atoms with van der Waals surface area (Å²) in [5.74, 6) is 1.49. The zero-order chi connectivity index (χ0) is 9.26. The number of fused-ring (bicyclic) bond motifs is 1. The number of nitrogens with one attached hydrogen (secondary N) is 3. The molecule has 1 aliphatic rings. The van der Waals surface area contributed by atoms with E-state index in [-0.39, 0.29) is 5.82 Å². The second-order valence-corrected chi connectivity index (χ2v) is 2.51. The minimum Gasteiger partial charge on any atom is -0.371 e. The first-order chi connectivity index (χ1) is 6.35. The summed E-state index contributed by atoms with van der Waals surface area (Å²) in [6, 6.07) is 1.90. The highest BCUT2D eigenvalue weighted by Gasteiger charge is 2.17. The Balaban J connectivity index is 2.57. The van der Waals surface area contributed by atoms with Crippen molar-refractivity contribution in [2.75, 3.05) is 29.7 Å². The lowest BCUT2D eigenvalue weighted by molar-refractivity contribution is 1.12. The van der Waals surface area contributed by atoms with Gasteiger partial charge in [0.15, 0.2) is 11.6 Å². The van der Waals surface area contributed by atoms with Gasteiger partial charge < -0.3 is 16.0 Å². The molecule has 0 fully saturated rings. The van der Waals surface area contributed by atoms with E-state index in [1.165, 1.54) is 0 Å². The summed E-state index contributed by atoms with van der Waals surface area (Å²) in [7, 11) is 1.75. The van der Waals surface area contributed by atoms with Crippen LogP contribution in [0.1, 0.15) is 5.82 Å². The van der Waals surface area contributed by atoms with Crippen molar-refractivity contribution >= 4 is 17.3 Å². The van der Waals surface area contributed by atoms with Crippen molar-refractivity contribution in [3.8, 4) is 6.07 Å². The third-order valence-corrected chi connectivity index (χ3v) is 1.77. The molecule has 0 aliphatic carbocycles. The van der Waals surface area contributed by atoms with Gasteiger partial charge >= 0.3 is 0 Å². The maximum atomic E-state index is 8.64. The van der Waals surface area contributed by atoms with Crippen molar-refractivity contribution in [3.63, 3.8) is 0 Å². The van der Waals surface area contributed by atoms with Crippen LogP contribution in [0.5, 0.6) is 0 Å². The van der Waals surface area contributed by atoms with Gasteiger partial charge in [-0.2, -0.15) is 15.2 Å². The van der Waals surface area contributed by atoms with Gasteiger partial charge in [0.05, 0.1) is 6.67 Å². The molecule has 0 atom stereocenters. The first kappa shape index (κ1) is 7.61. The predicted octanol–water partition coefficient (Wildman–Crippen LogP) is 0.185. The molecule has 0 spiro atoms. The van der Waals surface area contributed by atoms with Gasteiger partial charge in [-0.3, -0.25) is 0 Å². The summed E-state index contributed by atoms with van der Waals surface area (Å²) in [6.07, 6.45) is 0. The molecule has 0 bridgehead atoms. The summed E-state index contributed by atoms with van der Waals surface area (Å²) >= 11 is 0. The van der Waals surface area contributed by atoms with Crippen LogP contribution in [0.4, 0.5) is 17.3 Å². The molecule has 0 aromatic carbocycles. The molecule has 1 aliphatic heterocycles. The normalized spacial score (nSPS) is 12.3. The Morgan fingerprint density at radius 2 is 2.31 bits per heavy atom. The molecule has 6 heteroatoms. The van der Waals surface area contributed by atoms with E-state index in [0.29, 0.717) is 18.3 Å². The quantitative estimate of drug-likeness (QED) is 0.566. The first-order valence-electron chi connectivity index (χ1n) is 3.83. The maximum Gasteiger partial charge on any atom is 0.236 e. The molecule has 1 aromatic heterocycles. The van der Waals surface area contributed by atoms with Gasteiger partial charge in [0.2, 0.25) is 5.82 Å². The molecule has 66 valence electrons. The molecule has 0 amide bonds. The predicted molar refractivity (Wildman–Crippen MR) is 48.4 cm³/mol. The Labute approximate surface area is 75.0 Å². The molecular formula is C7H8N6. The van der Waals surface area contributed by atoms with Gasteiger partial charge in [0.1, 0.15) is 11.8 Å². The van der Waals surface area contributed by atoms with Gasteiger partial charge in [-0.25, -0.2) is 0 Å². The molecule has 0 saturated carbocycles. The third kappa shape index (κ3) is 1.10. The van der Waals surface area contributed by atoms with Crippen LogP contribution in [0.25, 0.3) is 0 Å². The van der Waals surface area contributed by atoms with E-state index in [0.717, 1.165) is 5.69 Å². The topological polar surface area (TPSA) is 85.7 Å². The van der Waals surface area contributed by atoms with Crippen LogP contribution in [0, 0.1) is 11.3 Å². The van der Waals surface area contributed by atoms with Gasteiger partial charge in [-0.1, -0.05) is 0 Å². The Kier molecular flexibility index (Phi) is 1.63. The molecular weight excluding hydrogens is 168 g/mol. The first-order valence-corrected chi connectivity index (χ1v) is 3.83. The monoisotopic (exact) mass is 176 g/mol. The number of nitriles is 1. The van der Waals surface area contributed by atoms with Gasteiger partial charge in [-0.15, -0.1) is 0 Å². The summed E-state index contributed by atoms with van der Waals surface area (Å²) in [5, 5.41) is 17.6. The molecule has 13 heavy (non-hydrogen) atoms. The zero-order valence-corrected chi connectivity index (χ0v) is 7.05. The highest BCUT2D eigenvalue weighted by atomic mass is 15.2. The second kappa shape index (κ2) is 2.79. The van der Waals surface area contributed by atoms with Crippen LogP contribution in [-0.2, 0) is 0 Å². The number of aromatic nitrogens is 2. The summed E-state index contributed by atoms with van der Waals surface area (Å²) in [4.78, 5) is 7.99. The van der Waals surface area contributed by atoms with Gasteiger partial charge in [-0.05, 0) is 0 Å². The molecule has 0 unspecified atom stereocenters. The smallest absolute Gasteiger partial charge is 0.236 e. The number of rotatable bonds is 1. The Morgan fingerprint density at radius 3 is 3.00 bits per heavy atom. The lowest BCUT2D eigenvalue weighted by Crippen LogP contribution is -2.01. The zero-order valence-electron chi connectivity index (χ0n) is 7.05. The lowest BCUT2D eigenvalue weighted by atomic mass is 10.4. The second-order valence-electron chi connectivity index (χ2n) is 2.51. The van der Waals surface area contributed by atoms with E-state index < -0.39 is 0 Å². The fourth-order valence-electron chi connectivity index (χ4n) is 1.20. The maximum absolute atomic E-state index is 8.64. The van der Waals surface area contributed by atoms with E-state index in [1.807, 2.05) is 6.07 Å². The van der Waals surface area contributed by atoms with Crippen LogP contribution in [0.15, 0.2) is 0 Å². The molecule has 6 nitrogen and oxygen atoms in total. The van der Waals surface area contributed by atoms with E-state index in [1.54, 1.807) is 7.05 Å². The van der Waals surface area contributed by atoms with Crippen molar-refractivity contribution in [2.24, 2.45) is 0 Å². The van der Waals surface area contributed by atoms with E-state index in [2.05, 4.69) is 25.9 Å². The van der Waals surface area contributed by atoms with E-state index in [4.69, 9.17) is 5.26 Å². The highest BCUT2D eigenvalue weighted by Crippen LogP contribution is 2.29. The molecule has 2 rings (SSSR count). The average Bonchev–Trinajstić information content (AvgIpc) is 2.63. The number of hydrogen-bond donors (Lipinski definition) is 3. The molecule has 2 heterocycles. The Bertz CT molecular complexity index is 379. The molecule has 1 aromatic rings. The number of anilines is 3. The van der Waals surface area contributed by atoms with Gasteiger partial charge in [0.25, 0.3) is 0 Å². The highest BCUT2D eigenvalue weighted by molar-refractivity contribution is 5.80. The molecule has 3 N–H and O–H groups in total. The van der Waals surface area contributed by atoms with E-state index in [9.17, 15) is 0 Å². The van der Waals surface area contributed by atoms with Crippen LogP contribution in [0.3, 0.4) is 0 Å². The van der Waals surface area contributed by atoms with Crippen LogP contribution < -0.4 is 16.0 Å². The van der Waals surface area contributed by atoms with E-state index >= 15 is 0 Å². The van der Waals surface area contributed by atoms with Crippen LogP contribution >= 0.6 is 0 Å². The standard InChI is InChI=1S/C7H8N6/c1-9-6-5-7(11-3-10-5)13-4(2-8)12-6/h10H,3H2,1H3,(H2,9,11,12,13). The molecule has 0 saturated heterocycles.